The quantitative estimate of drug-likeness (QED) is 0.352. The van der Waals surface area contributed by atoms with Crippen molar-refractivity contribution < 1.29 is 22.7 Å². The zero-order valence-corrected chi connectivity index (χ0v) is 25.0. The Kier molecular flexibility index (Phi) is 11.3. The molecule has 0 bridgehead atoms. The van der Waals surface area contributed by atoms with Gasteiger partial charge in [0.15, 0.2) is 0 Å². The molecule has 1 fully saturated rings. The summed E-state index contributed by atoms with van der Waals surface area (Å²) in [4.78, 5) is 28.7. The number of hydrogen-bond donors (Lipinski definition) is 1. The molecule has 0 unspecified atom stereocenters. The van der Waals surface area contributed by atoms with Crippen molar-refractivity contribution in [3.05, 3.63) is 58.1 Å². The zero-order valence-electron chi connectivity index (χ0n) is 22.7. The van der Waals surface area contributed by atoms with Crippen LogP contribution < -0.4 is 14.4 Å². The van der Waals surface area contributed by atoms with Crippen LogP contribution in [0.5, 0.6) is 5.75 Å². The summed E-state index contributed by atoms with van der Waals surface area (Å²) in [7, 11) is -3.83. The van der Waals surface area contributed by atoms with E-state index in [9.17, 15) is 18.0 Å². The van der Waals surface area contributed by atoms with Gasteiger partial charge < -0.3 is 15.0 Å². The number of carbonyl (C=O) groups excluding carboxylic acids is 2. The maximum Gasteiger partial charge on any atom is 0.244 e. The highest BCUT2D eigenvalue weighted by molar-refractivity contribution is 7.92. The minimum atomic E-state index is -3.83. The van der Waals surface area contributed by atoms with E-state index in [1.165, 1.54) is 4.90 Å². The second kappa shape index (κ2) is 14.2. The number of carbonyl (C=O) groups is 2. The van der Waals surface area contributed by atoms with Crippen LogP contribution in [0.4, 0.5) is 5.69 Å². The molecule has 39 heavy (non-hydrogen) atoms. The van der Waals surface area contributed by atoms with Gasteiger partial charge in [0.25, 0.3) is 0 Å². The number of anilines is 1. The normalized spacial score (nSPS) is 14.9. The van der Waals surface area contributed by atoms with Gasteiger partial charge in [-0.25, -0.2) is 8.42 Å². The van der Waals surface area contributed by atoms with Crippen LogP contribution in [0.2, 0.25) is 10.0 Å². The van der Waals surface area contributed by atoms with Gasteiger partial charge in [0.1, 0.15) is 18.3 Å². The first-order valence-corrected chi connectivity index (χ1v) is 15.9. The number of nitrogens with zero attached hydrogens (tertiary/aromatic N) is 2. The summed E-state index contributed by atoms with van der Waals surface area (Å²) in [5, 5.41) is 3.82. The van der Waals surface area contributed by atoms with Crippen LogP contribution in [0.1, 0.15) is 57.9 Å². The second-order valence-electron chi connectivity index (χ2n) is 9.73. The molecular formula is C28H37Cl2N3O5S. The topological polar surface area (TPSA) is 96.0 Å². The van der Waals surface area contributed by atoms with Gasteiger partial charge in [0.2, 0.25) is 21.8 Å². The van der Waals surface area contributed by atoms with Crippen molar-refractivity contribution in [3.63, 3.8) is 0 Å². The number of benzene rings is 2. The SMILES string of the molecule is CCOc1ccc(N(CC(=O)N(Cc2ccc(Cl)c(Cl)c2)[C@H](CC)C(=O)NC2CCCCC2)S(C)(=O)=O)cc1. The summed E-state index contributed by atoms with van der Waals surface area (Å²) >= 11 is 12.3. The summed E-state index contributed by atoms with van der Waals surface area (Å²) in [6.45, 7) is 3.75. The van der Waals surface area contributed by atoms with Gasteiger partial charge in [0, 0.05) is 12.6 Å². The van der Waals surface area contributed by atoms with Gasteiger partial charge >= 0.3 is 0 Å². The van der Waals surface area contributed by atoms with Gasteiger partial charge in [-0.15, -0.1) is 0 Å². The summed E-state index contributed by atoms with van der Waals surface area (Å²) in [5.41, 5.74) is 0.997. The Balaban J connectivity index is 1.91. The van der Waals surface area contributed by atoms with Gasteiger partial charge in [-0.1, -0.05) is 55.5 Å². The number of hydrogen-bond acceptors (Lipinski definition) is 5. The van der Waals surface area contributed by atoms with Gasteiger partial charge in [0.05, 0.1) is 28.6 Å². The predicted octanol–water partition coefficient (Wildman–Crippen LogP) is 5.41. The van der Waals surface area contributed by atoms with Crippen LogP contribution in [0, 0.1) is 0 Å². The summed E-state index contributed by atoms with van der Waals surface area (Å²) in [6.07, 6.45) is 6.47. The fraction of sp³-hybridized carbons (Fsp3) is 0.500. The fourth-order valence-electron chi connectivity index (χ4n) is 4.79. The van der Waals surface area contributed by atoms with E-state index in [0.29, 0.717) is 40.1 Å². The molecule has 8 nitrogen and oxygen atoms in total. The minimum absolute atomic E-state index is 0.0627. The van der Waals surface area contributed by atoms with Crippen LogP contribution >= 0.6 is 23.2 Å². The van der Waals surface area contributed by atoms with E-state index in [0.717, 1.165) is 42.7 Å². The zero-order chi connectivity index (χ0) is 28.6. The molecule has 1 atom stereocenters. The lowest BCUT2D eigenvalue weighted by Crippen LogP contribution is -2.53. The lowest BCUT2D eigenvalue weighted by atomic mass is 9.95. The van der Waals surface area contributed by atoms with Crippen molar-refractivity contribution in [3.8, 4) is 5.75 Å². The van der Waals surface area contributed by atoms with E-state index in [-0.39, 0.29) is 18.5 Å². The standard InChI is InChI=1S/C28H37Cl2N3O5S/c1-4-26(28(35)31-21-9-7-6-8-10-21)32(18-20-11-16-24(29)25(30)17-20)27(34)19-33(39(3,36)37)22-12-14-23(15-13-22)38-5-2/h11-17,21,26H,4-10,18-19H2,1-3H3,(H,31,35)/t26-/m1/s1. The number of amides is 2. The average molecular weight is 599 g/mol. The molecule has 11 heteroatoms. The Morgan fingerprint density at radius 1 is 1.03 bits per heavy atom. The lowest BCUT2D eigenvalue weighted by Gasteiger charge is -2.34. The molecule has 1 saturated carbocycles. The first kappa shape index (κ1) is 31.0. The Labute approximate surface area is 241 Å². The van der Waals surface area contributed by atoms with E-state index in [1.54, 1.807) is 42.5 Å². The maximum absolute atomic E-state index is 13.9. The molecular weight excluding hydrogens is 561 g/mol. The van der Waals surface area contributed by atoms with Crippen LogP contribution in [0.15, 0.2) is 42.5 Å². The van der Waals surface area contributed by atoms with Crippen molar-refractivity contribution in [2.75, 3.05) is 23.7 Å². The number of ether oxygens (including phenoxy) is 1. The molecule has 3 rings (SSSR count). The smallest absolute Gasteiger partial charge is 0.244 e. The fourth-order valence-corrected chi connectivity index (χ4v) is 5.96. The highest BCUT2D eigenvalue weighted by Gasteiger charge is 2.33. The summed E-state index contributed by atoms with van der Waals surface area (Å²) in [6, 6.07) is 10.8. The molecule has 0 heterocycles. The van der Waals surface area contributed by atoms with E-state index >= 15 is 0 Å². The summed E-state index contributed by atoms with van der Waals surface area (Å²) < 4.78 is 32.1. The minimum Gasteiger partial charge on any atom is -0.494 e. The van der Waals surface area contributed by atoms with E-state index < -0.39 is 28.5 Å². The van der Waals surface area contributed by atoms with Crippen molar-refractivity contribution in [1.82, 2.24) is 10.2 Å². The van der Waals surface area contributed by atoms with Crippen LogP contribution in [-0.4, -0.2) is 56.6 Å². The molecule has 0 spiro atoms. The molecule has 2 aromatic rings. The molecule has 2 amide bonds. The number of halogens is 2. The Hall–Kier alpha value is -2.49. The molecule has 214 valence electrons. The monoisotopic (exact) mass is 597 g/mol. The highest BCUT2D eigenvalue weighted by atomic mass is 35.5. The molecule has 0 aliphatic heterocycles. The van der Waals surface area contributed by atoms with Crippen LogP contribution in [-0.2, 0) is 26.2 Å². The molecule has 2 aromatic carbocycles. The van der Waals surface area contributed by atoms with Gasteiger partial charge in [-0.05, 0) is 68.1 Å². The predicted molar refractivity (Wildman–Crippen MR) is 156 cm³/mol. The lowest BCUT2D eigenvalue weighted by molar-refractivity contribution is -0.140. The van der Waals surface area contributed by atoms with Crippen molar-refractivity contribution >= 4 is 50.7 Å². The number of rotatable bonds is 12. The van der Waals surface area contributed by atoms with Crippen LogP contribution in [0.3, 0.4) is 0 Å². The molecule has 1 aliphatic rings. The highest BCUT2D eigenvalue weighted by Crippen LogP contribution is 2.26. The van der Waals surface area contributed by atoms with E-state index in [4.69, 9.17) is 27.9 Å². The van der Waals surface area contributed by atoms with Crippen LogP contribution in [0.25, 0.3) is 0 Å². The third-order valence-corrected chi connectivity index (χ3v) is 8.67. The van der Waals surface area contributed by atoms with Crippen molar-refractivity contribution in [2.45, 2.75) is 71.0 Å². The second-order valence-corrected chi connectivity index (χ2v) is 12.5. The third kappa shape index (κ3) is 8.75. The number of nitrogens with one attached hydrogen (secondary N) is 1. The first-order chi connectivity index (χ1) is 18.5. The van der Waals surface area contributed by atoms with Gasteiger partial charge in [-0.2, -0.15) is 0 Å². The molecule has 0 radical (unpaired) electrons. The Morgan fingerprint density at radius 3 is 2.26 bits per heavy atom. The maximum atomic E-state index is 13.9. The number of sulfonamides is 1. The first-order valence-electron chi connectivity index (χ1n) is 13.3. The average Bonchev–Trinajstić information content (AvgIpc) is 2.90. The third-order valence-electron chi connectivity index (χ3n) is 6.79. The largest absolute Gasteiger partial charge is 0.494 e. The molecule has 1 N–H and O–H groups in total. The molecule has 0 aromatic heterocycles. The van der Waals surface area contributed by atoms with E-state index in [1.807, 2.05) is 13.8 Å². The van der Waals surface area contributed by atoms with Gasteiger partial charge in [-0.3, -0.25) is 13.9 Å². The Morgan fingerprint density at radius 2 is 1.69 bits per heavy atom. The van der Waals surface area contributed by atoms with Crippen molar-refractivity contribution in [1.29, 1.82) is 0 Å². The summed E-state index contributed by atoms with van der Waals surface area (Å²) in [5.74, 6) is -0.163. The molecule has 1 aliphatic carbocycles. The van der Waals surface area contributed by atoms with Crippen molar-refractivity contribution in [2.24, 2.45) is 0 Å². The van der Waals surface area contributed by atoms with E-state index in [2.05, 4.69) is 5.32 Å². The molecule has 0 saturated heterocycles. The Bertz CT molecular complexity index is 1230.